The van der Waals surface area contributed by atoms with Crippen molar-refractivity contribution in [3.63, 3.8) is 0 Å². The number of anilines is 1. The lowest BCUT2D eigenvalue weighted by atomic mass is 10.1. The van der Waals surface area contributed by atoms with Crippen LogP contribution in [-0.4, -0.2) is 36.0 Å². The van der Waals surface area contributed by atoms with Gasteiger partial charge in [0.25, 0.3) is 5.91 Å². The SMILES string of the molecule is CC1CC(CN)CN1C(=O)c1ccc(NC(N)=O)cc1. The summed E-state index contributed by atoms with van der Waals surface area (Å²) >= 11 is 0. The highest BCUT2D eigenvalue weighted by molar-refractivity contribution is 5.95. The van der Waals surface area contributed by atoms with E-state index in [1.165, 1.54) is 0 Å². The van der Waals surface area contributed by atoms with Crippen molar-refractivity contribution in [2.75, 3.05) is 18.4 Å². The molecule has 0 aliphatic carbocycles. The van der Waals surface area contributed by atoms with E-state index >= 15 is 0 Å². The molecule has 3 amide bonds. The Morgan fingerprint density at radius 3 is 2.50 bits per heavy atom. The second-order valence-electron chi connectivity index (χ2n) is 5.21. The molecule has 1 aromatic rings. The van der Waals surface area contributed by atoms with Crippen molar-refractivity contribution >= 4 is 17.6 Å². The third-order valence-electron chi connectivity index (χ3n) is 3.65. The number of primary amides is 1. The van der Waals surface area contributed by atoms with Gasteiger partial charge in [-0.25, -0.2) is 4.79 Å². The molecule has 0 bridgehead atoms. The van der Waals surface area contributed by atoms with Crippen LogP contribution in [0, 0.1) is 5.92 Å². The van der Waals surface area contributed by atoms with Crippen LogP contribution in [0.15, 0.2) is 24.3 Å². The lowest BCUT2D eigenvalue weighted by molar-refractivity contribution is 0.0743. The van der Waals surface area contributed by atoms with Crippen LogP contribution >= 0.6 is 0 Å². The summed E-state index contributed by atoms with van der Waals surface area (Å²) in [6.45, 7) is 3.35. The van der Waals surface area contributed by atoms with Crippen LogP contribution < -0.4 is 16.8 Å². The van der Waals surface area contributed by atoms with Gasteiger partial charge >= 0.3 is 6.03 Å². The highest BCUT2D eigenvalue weighted by Crippen LogP contribution is 2.24. The van der Waals surface area contributed by atoms with Crippen molar-refractivity contribution in [1.29, 1.82) is 0 Å². The highest BCUT2D eigenvalue weighted by Gasteiger charge is 2.31. The van der Waals surface area contributed by atoms with Gasteiger partial charge in [0.05, 0.1) is 0 Å². The molecular weight excluding hydrogens is 256 g/mol. The first-order chi connectivity index (χ1) is 9.51. The third-order valence-corrected chi connectivity index (χ3v) is 3.65. The molecule has 108 valence electrons. The Morgan fingerprint density at radius 2 is 2.00 bits per heavy atom. The Labute approximate surface area is 118 Å². The van der Waals surface area contributed by atoms with Gasteiger partial charge in [0, 0.05) is 23.8 Å². The molecule has 1 aliphatic heterocycles. The standard InChI is InChI=1S/C14H20N4O2/c1-9-6-10(7-15)8-18(9)13(19)11-2-4-12(5-3-11)17-14(16)20/h2-5,9-10H,6-8,15H2,1H3,(H3,16,17,20). The Bertz CT molecular complexity index is 500. The molecule has 1 saturated heterocycles. The molecule has 2 atom stereocenters. The van der Waals surface area contributed by atoms with E-state index in [1.54, 1.807) is 24.3 Å². The quantitative estimate of drug-likeness (QED) is 0.767. The highest BCUT2D eigenvalue weighted by atomic mass is 16.2. The average molecular weight is 276 g/mol. The molecule has 0 spiro atoms. The van der Waals surface area contributed by atoms with Crippen LogP contribution in [0.1, 0.15) is 23.7 Å². The number of urea groups is 1. The van der Waals surface area contributed by atoms with Crippen LogP contribution in [0.2, 0.25) is 0 Å². The molecule has 2 unspecified atom stereocenters. The molecule has 0 radical (unpaired) electrons. The number of likely N-dealkylation sites (tertiary alicyclic amines) is 1. The van der Waals surface area contributed by atoms with Crippen LogP contribution in [0.25, 0.3) is 0 Å². The lowest BCUT2D eigenvalue weighted by Gasteiger charge is -2.21. The largest absolute Gasteiger partial charge is 0.351 e. The summed E-state index contributed by atoms with van der Waals surface area (Å²) in [5.41, 5.74) is 11.9. The molecule has 2 rings (SSSR count). The van der Waals surface area contributed by atoms with Crippen molar-refractivity contribution in [3.05, 3.63) is 29.8 Å². The molecule has 0 aromatic heterocycles. The van der Waals surface area contributed by atoms with Crippen molar-refractivity contribution in [3.8, 4) is 0 Å². The number of nitrogens with two attached hydrogens (primary N) is 2. The van der Waals surface area contributed by atoms with Gasteiger partial charge in [0.2, 0.25) is 0 Å². The summed E-state index contributed by atoms with van der Waals surface area (Å²) in [7, 11) is 0. The molecular formula is C14H20N4O2. The zero-order valence-corrected chi connectivity index (χ0v) is 11.5. The first-order valence-corrected chi connectivity index (χ1v) is 6.68. The van der Waals surface area contributed by atoms with Crippen LogP contribution in [0.5, 0.6) is 0 Å². The minimum atomic E-state index is -0.622. The topological polar surface area (TPSA) is 101 Å². The van der Waals surface area contributed by atoms with Gasteiger partial charge in [-0.1, -0.05) is 0 Å². The second-order valence-corrected chi connectivity index (χ2v) is 5.21. The number of amides is 3. The molecule has 1 aromatic carbocycles. The van der Waals surface area contributed by atoms with Gasteiger partial charge in [-0.2, -0.15) is 0 Å². The predicted molar refractivity (Wildman–Crippen MR) is 77.3 cm³/mol. The Morgan fingerprint density at radius 1 is 1.35 bits per heavy atom. The predicted octanol–water partition coefficient (Wildman–Crippen LogP) is 0.986. The van der Waals surface area contributed by atoms with E-state index in [2.05, 4.69) is 5.32 Å². The van der Waals surface area contributed by atoms with Crippen molar-refractivity contribution in [2.24, 2.45) is 17.4 Å². The van der Waals surface area contributed by atoms with Gasteiger partial charge in [-0.3, -0.25) is 4.79 Å². The number of hydrogen-bond donors (Lipinski definition) is 3. The van der Waals surface area contributed by atoms with Crippen molar-refractivity contribution in [2.45, 2.75) is 19.4 Å². The van der Waals surface area contributed by atoms with Gasteiger partial charge < -0.3 is 21.7 Å². The first kappa shape index (κ1) is 14.3. The minimum Gasteiger partial charge on any atom is -0.351 e. The van der Waals surface area contributed by atoms with E-state index in [4.69, 9.17) is 11.5 Å². The van der Waals surface area contributed by atoms with E-state index in [-0.39, 0.29) is 11.9 Å². The fraction of sp³-hybridized carbons (Fsp3) is 0.429. The molecule has 20 heavy (non-hydrogen) atoms. The molecule has 1 aliphatic rings. The number of benzene rings is 1. The Balaban J connectivity index is 2.07. The molecule has 5 N–H and O–H groups in total. The molecule has 1 fully saturated rings. The summed E-state index contributed by atoms with van der Waals surface area (Å²) in [6, 6.07) is 6.30. The third kappa shape index (κ3) is 3.08. The monoisotopic (exact) mass is 276 g/mol. The van der Waals surface area contributed by atoms with Gasteiger partial charge in [0.15, 0.2) is 0 Å². The van der Waals surface area contributed by atoms with Gasteiger partial charge in [-0.15, -0.1) is 0 Å². The zero-order chi connectivity index (χ0) is 14.7. The maximum atomic E-state index is 12.4. The molecule has 0 saturated carbocycles. The van der Waals surface area contributed by atoms with E-state index in [9.17, 15) is 9.59 Å². The summed E-state index contributed by atoms with van der Waals surface area (Å²) in [5.74, 6) is 0.379. The smallest absolute Gasteiger partial charge is 0.316 e. The maximum Gasteiger partial charge on any atom is 0.316 e. The Hall–Kier alpha value is -2.08. The van der Waals surface area contributed by atoms with E-state index < -0.39 is 6.03 Å². The maximum absolute atomic E-state index is 12.4. The van der Waals surface area contributed by atoms with Gasteiger partial charge in [0.1, 0.15) is 0 Å². The normalized spacial score (nSPS) is 21.8. The Kier molecular flexibility index (Phi) is 4.24. The summed E-state index contributed by atoms with van der Waals surface area (Å²) in [4.78, 5) is 25.0. The molecule has 1 heterocycles. The number of carbonyl (C=O) groups excluding carboxylic acids is 2. The summed E-state index contributed by atoms with van der Waals surface area (Å²) in [6.07, 6.45) is 0.948. The van der Waals surface area contributed by atoms with Gasteiger partial charge in [-0.05, 0) is 50.1 Å². The summed E-state index contributed by atoms with van der Waals surface area (Å²) in [5, 5.41) is 2.46. The van der Waals surface area contributed by atoms with Crippen LogP contribution in [0.3, 0.4) is 0 Å². The van der Waals surface area contributed by atoms with Crippen molar-refractivity contribution < 1.29 is 9.59 Å². The molecule has 6 heteroatoms. The first-order valence-electron chi connectivity index (χ1n) is 6.68. The zero-order valence-electron chi connectivity index (χ0n) is 11.5. The van der Waals surface area contributed by atoms with Crippen molar-refractivity contribution in [1.82, 2.24) is 4.90 Å². The van der Waals surface area contributed by atoms with Crippen LogP contribution in [-0.2, 0) is 0 Å². The van der Waals surface area contributed by atoms with Crippen LogP contribution in [0.4, 0.5) is 10.5 Å². The second kappa shape index (κ2) is 5.92. The number of carbonyl (C=O) groups is 2. The number of rotatable bonds is 3. The fourth-order valence-electron chi connectivity index (χ4n) is 2.60. The van der Waals surface area contributed by atoms with E-state index in [0.29, 0.717) is 30.3 Å². The number of hydrogen-bond acceptors (Lipinski definition) is 3. The van der Waals surface area contributed by atoms with E-state index in [1.807, 2.05) is 11.8 Å². The number of nitrogens with zero attached hydrogens (tertiary/aromatic N) is 1. The summed E-state index contributed by atoms with van der Waals surface area (Å²) < 4.78 is 0. The molecule has 6 nitrogen and oxygen atoms in total. The fourth-order valence-corrected chi connectivity index (χ4v) is 2.60. The van der Waals surface area contributed by atoms with E-state index in [0.717, 1.165) is 6.42 Å². The lowest BCUT2D eigenvalue weighted by Crippen LogP contribution is -2.34. The number of nitrogens with one attached hydrogen (secondary N) is 1. The average Bonchev–Trinajstić information content (AvgIpc) is 2.79. The minimum absolute atomic E-state index is 0.000856.